The average molecular weight is 366 g/mol. The van der Waals surface area contributed by atoms with E-state index in [0.29, 0.717) is 43.5 Å². The monoisotopic (exact) mass is 365 g/mol. The Morgan fingerprint density at radius 3 is 1.78 bits per heavy atom. The molecule has 136 valence electrons. The normalized spacial score (nSPS) is 11.0. The summed E-state index contributed by atoms with van der Waals surface area (Å²) >= 11 is 8.03. The first kappa shape index (κ1) is 22.6. The summed E-state index contributed by atoms with van der Waals surface area (Å²) in [6, 6.07) is 0. The Morgan fingerprint density at radius 1 is 0.913 bits per heavy atom. The van der Waals surface area contributed by atoms with Crippen LogP contribution in [0.4, 0.5) is 0 Å². The highest BCUT2D eigenvalue weighted by molar-refractivity contribution is 7.80. The molecule has 0 aliphatic rings. The smallest absolute Gasteiger partial charge is 0.305 e. The predicted octanol–water partition coefficient (Wildman–Crippen LogP) is 2.45. The third-order valence-electron chi connectivity index (χ3n) is 3.44. The Balaban J connectivity index is 4.16. The van der Waals surface area contributed by atoms with Crippen molar-refractivity contribution in [3.05, 3.63) is 0 Å². The molecule has 0 atom stereocenters. The van der Waals surface area contributed by atoms with Gasteiger partial charge in [0.2, 0.25) is 0 Å². The number of hydrogen-bond donors (Lipinski definition) is 2. The lowest BCUT2D eigenvalue weighted by Gasteiger charge is -2.17. The van der Waals surface area contributed by atoms with Crippen molar-refractivity contribution in [2.24, 2.45) is 5.92 Å². The lowest BCUT2D eigenvalue weighted by atomic mass is 9.92. The van der Waals surface area contributed by atoms with Crippen LogP contribution < -0.4 is 0 Å². The molecule has 0 N–H and O–H groups in total. The Morgan fingerprint density at radius 2 is 1.39 bits per heavy atom. The molecule has 0 aliphatic heterocycles. The van der Waals surface area contributed by atoms with Gasteiger partial charge in [0.05, 0.1) is 0 Å². The van der Waals surface area contributed by atoms with Gasteiger partial charge in [-0.15, -0.1) is 0 Å². The molecule has 0 saturated heterocycles. The number of esters is 2. The van der Waals surface area contributed by atoms with Crippen molar-refractivity contribution >= 4 is 37.2 Å². The zero-order valence-corrected chi connectivity index (χ0v) is 16.1. The summed E-state index contributed by atoms with van der Waals surface area (Å²) in [5.41, 5.74) is 0. The van der Waals surface area contributed by atoms with Crippen LogP contribution in [-0.2, 0) is 19.1 Å². The predicted molar refractivity (Wildman–Crippen MR) is 99.4 cm³/mol. The number of hydrogen-bond acceptors (Lipinski definition) is 7. The molecule has 0 fully saturated rings. The lowest BCUT2D eigenvalue weighted by molar-refractivity contribution is -0.143. The molecule has 0 heterocycles. The zero-order valence-electron chi connectivity index (χ0n) is 14.3. The van der Waals surface area contributed by atoms with E-state index in [-0.39, 0.29) is 11.9 Å². The SMILES string of the molecule is CN(C)CCCC(CCC(=O)OCCS)CCC(=O)OCCS. The van der Waals surface area contributed by atoms with Gasteiger partial charge in [-0.1, -0.05) is 0 Å². The summed E-state index contributed by atoms with van der Waals surface area (Å²) in [7, 11) is 4.08. The molecule has 7 heteroatoms. The molecule has 0 rings (SSSR count). The van der Waals surface area contributed by atoms with E-state index in [0.717, 1.165) is 32.2 Å². The molecule has 0 aromatic rings. The summed E-state index contributed by atoms with van der Waals surface area (Å²) in [6.45, 7) is 1.71. The highest BCUT2D eigenvalue weighted by atomic mass is 32.1. The summed E-state index contributed by atoms with van der Waals surface area (Å²) in [4.78, 5) is 25.3. The van der Waals surface area contributed by atoms with E-state index < -0.39 is 0 Å². The molecule has 0 amide bonds. The van der Waals surface area contributed by atoms with Gasteiger partial charge >= 0.3 is 11.9 Å². The first-order valence-corrected chi connectivity index (χ1v) is 9.43. The second-order valence-electron chi connectivity index (χ2n) is 5.78. The number of carbonyl (C=O) groups excluding carboxylic acids is 2. The van der Waals surface area contributed by atoms with Crippen LogP contribution >= 0.6 is 25.3 Å². The topological polar surface area (TPSA) is 55.8 Å². The minimum Gasteiger partial charge on any atom is -0.465 e. The van der Waals surface area contributed by atoms with E-state index in [1.54, 1.807) is 0 Å². The van der Waals surface area contributed by atoms with Crippen LogP contribution in [0, 0.1) is 5.92 Å². The second kappa shape index (κ2) is 15.1. The largest absolute Gasteiger partial charge is 0.465 e. The zero-order chi connectivity index (χ0) is 17.5. The van der Waals surface area contributed by atoms with Gasteiger partial charge in [0.15, 0.2) is 0 Å². The minimum absolute atomic E-state index is 0.186. The fourth-order valence-corrected chi connectivity index (χ4v) is 2.42. The number of ether oxygens (including phenoxy) is 2. The van der Waals surface area contributed by atoms with E-state index in [9.17, 15) is 9.59 Å². The fraction of sp³-hybridized carbons (Fsp3) is 0.875. The van der Waals surface area contributed by atoms with Gasteiger partial charge in [-0.2, -0.15) is 25.3 Å². The van der Waals surface area contributed by atoms with Crippen molar-refractivity contribution in [2.75, 3.05) is 45.4 Å². The van der Waals surface area contributed by atoms with E-state index in [1.807, 2.05) is 14.1 Å². The van der Waals surface area contributed by atoms with Crippen LogP contribution in [0.25, 0.3) is 0 Å². The number of thiol groups is 2. The lowest BCUT2D eigenvalue weighted by Crippen LogP contribution is -2.16. The maximum atomic E-state index is 11.6. The van der Waals surface area contributed by atoms with Crippen molar-refractivity contribution in [1.29, 1.82) is 0 Å². The first-order chi connectivity index (χ1) is 11.0. The molecule has 0 radical (unpaired) electrons. The van der Waals surface area contributed by atoms with Gasteiger partial charge in [0.25, 0.3) is 0 Å². The molecule has 0 aromatic heterocycles. The number of carbonyl (C=O) groups is 2. The van der Waals surface area contributed by atoms with Crippen LogP contribution in [0.15, 0.2) is 0 Å². The van der Waals surface area contributed by atoms with Crippen molar-refractivity contribution in [3.63, 3.8) is 0 Å². The average Bonchev–Trinajstić information content (AvgIpc) is 2.52. The maximum absolute atomic E-state index is 11.6. The Kier molecular flexibility index (Phi) is 14.9. The summed E-state index contributed by atoms with van der Waals surface area (Å²) in [6.07, 6.45) is 4.34. The summed E-state index contributed by atoms with van der Waals surface area (Å²) in [5.74, 6) is 1.04. The molecule has 0 aromatic carbocycles. The molecule has 0 bridgehead atoms. The quantitative estimate of drug-likeness (QED) is 0.366. The molecular weight excluding hydrogens is 334 g/mol. The maximum Gasteiger partial charge on any atom is 0.305 e. The van der Waals surface area contributed by atoms with Gasteiger partial charge in [-0.25, -0.2) is 0 Å². The molecule has 0 spiro atoms. The third-order valence-corrected chi connectivity index (χ3v) is 3.80. The molecular formula is C16H31NO4S2. The Bertz CT molecular complexity index is 303. The Labute approximate surface area is 151 Å². The van der Waals surface area contributed by atoms with Crippen molar-refractivity contribution in [1.82, 2.24) is 4.90 Å². The summed E-state index contributed by atoms with van der Waals surface area (Å²) in [5, 5.41) is 0. The van der Waals surface area contributed by atoms with Crippen LogP contribution in [0.3, 0.4) is 0 Å². The second-order valence-corrected chi connectivity index (χ2v) is 6.67. The Hall–Kier alpha value is -0.400. The van der Waals surface area contributed by atoms with E-state index in [4.69, 9.17) is 9.47 Å². The van der Waals surface area contributed by atoms with Gasteiger partial charge in [0, 0.05) is 24.3 Å². The number of rotatable bonds is 14. The molecule has 23 heavy (non-hydrogen) atoms. The van der Waals surface area contributed by atoms with Crippen LogP contribution in [0.1, 0.15) is 38.5 Å². The molecule has 0 saturated carbocycles. The minimum atomic E-state index is -0.186. The third kappa shape index (κ3) is 14.9. The van der Waals surface area contributed by atoms with E-state index >= 15 is 0 Å². The molecule has 0 aliphatic carbocycles. The van der Waals surface area contributed by atoms with Crippen LogP contribution in [0.2, 0.25) is 0 Å². The van der Waals surface area contributed by atoms with Crippen LogP contribution in [0.5, 0.6) is 0 Å². The van der Waals surface area contributed by atoms with Gasteiger partial charge in [-0.3, -0.25) is 9.59 Å². The standard InChI is InChI=1S/C16H31NO4S2/c1-17(2)9-3-4-14(5-7-15(18)20-10-12-22)6-8-16(19)21-11-13-23/h14,22-23H,3-13H2,1-2H3. The first-order valence-electron chi connectivity index (χ1n) is 8.17. The van der Waals surface area contributed by atoms with Crippen molar-refractivity contribution < 1.29 is 19.1 Å². The molecule has 5 nitrogen and oxygen atoms in total. The van der Waals surface area contributed by atoms with Gasteiger partial charge in [0.1, 0.15) is 13.2 Å². The fourth-order valence-electron chi connectivity index (χ4n) is 2.24. The van der Waals surface area contributed by atoms with E-state index in [2.05, 4.69) is 30.2 Å². The van der Waals surface area contributed by atoms with Gasteiger partial charge < -0.3 is 14.4 Å². The summed E-state index contributed by atoms with van der Waals surface area (Å²) < 4.78 is 10.1. The van der Waals surface area contributed by atoms with Crippen LogP contribution in [-0.4, -0.2) is 62.2 Å². The van der Waals surface area contributed by atoms with Gasteiger partial charge in [-0.05, 0) is 52.2 Å². The van der Waals surface area contributed by atoms with Crippen molar-refractivity contribution in [3.8, 4) is 0 Å². The number of nitrogens with zero attached hydrogens (tertiary/aromatic N) is 1. The van der Waals surface area contributed by atoms with E-state index in [1.165, 1.54) is 0 Å². The van der Waals surface area contributed by atoms with Crippen molar-refractivity contribution in [2.45, 2.75) is 38.5 Å². The molecule has 0 unspecified atom stereocenters. The highest BCUT2D eigenvalue weighted by Crippen LogP contribution is 2.20. The highest BCUT2D eigenvalue weighted by Gasteiger charge is 2.15.